The van der Waals surface area contributed by atoms with Gasteiger partial charge in [-0.25, -0.2) is 14.0 Å². The zero-order valence-corrected chi connectivity index (χ0v) is 19.4. The number of esters is 4. The normalized spacial score (nSPS) is 25.5. The van der Waals surface area contributed by atoms with E-state index in [1.54, 1.807) is 6.92 Å². The highest BCUT2D eigenvalue weighted by Gasteiger charge is 2.51. The molecule has 0 aliphatic carbocycles. The Morgan fingerprint density at radius 1 is 0.906 bits per heavy atom. The maximum atomic E-state index is 15.2. The van der Waals surface area contributed by atoms with Crippen LogP contribution in [0.15, 0.2) is 0 Å². The van der Waals surface area contributed by atoms with Gasteiger partial charge in [0.15, 0.2) is 12.4 Å². The number of carbonyl (C=O) groups excluding carboxylic acids is 4. The maximum absolute atomic E-state index is 15.2. The van der Waals surface area contributed by atoms with Crippen molar-refractivity contribution in [2.45, 2.75) is 84.7 Å². The van der Waals surface area contributed by atoms with E-state index in [0.29, 0.717) is 6.42 Å². The van der Waals surface area contributed by atoms with Gasteiger partial charge in [-0.15, -0.1) is 0 Å². The van der Waals surface area contributed by atoms with Crippen molar-refractivity contribution >= 4 is 23.9 Å². The van der Waals surface area contributed by atoms with Crippen LogP contribution in [0.2, 0.25) is 0 Å². The van der Waals surface area contributed by atoms with Crippen molar-refractivity contribution < 1.29 is 52.0 Å². The molecule has 1 rings (SSSR count). The lowest BCUT2D eigenvalue weighted by Crippen LogP contribution is -2.57. The van der Waals surface area contributed by atoms with Crippen LogP contribution in [0, 0.1) is 5.92 Å². The molecule has 1 aliphatic heterocycles. The zero-order chi connectivity index (χ0) is 24.5. The predicted octanol–water partition coefficient (Wildman–Crippen LogP) is 1.86. The Balaban J connectivity index is 3.05. The number of ether oxygens (including phenoxy) is 6. The zero-order valence-electron chi connectivity index (χ0n) is 19.4. The molecule has 5 atom stereocenters. The third-order valence-electron chi connectivity index (χ3n) is 4.94. The van der Waals surface area contributed by atoms with Crippen LogP contribution in [0.1, 0.15) is 54.4 Å². The van der Waals surface area contributed by atoms with Crippen LogP contribution in [0.3, 0.4) is 0 Å². The number of carbonyl (C=O) groups is 4. The maximum Gasteiger partial charge on any atom is 0.355 e. The van der Waals surface area contributed by atoms with Gasteiger partial charge in [0.25, 0.3) is 0 Å². The molecule has 10 nitrogen and oxygen atoms in total. The number of rotatable bonds is 11. The molecule has 1 unspecified atom stereocenters. The summed E-state index contributed by atoms with van der Waals surface area (Å²) in [7, 11) is 0. The largest absolute Gasteiger partial charge is 0.463 e. The second kappa shape index (κ2) is 12.7. The summed E-state index contributed by atoms with van der Waals surface area (Å²) in [6, 6.07) is 0. The van der Waals surface area contributed by atoms with E-state index in [-0.39, 0.29) is 19.1 Å². The average molecular weight is 464 g/mol. The molecule has 1 heterocycles. The third kappa shape index (κ3) is 7.13. The number of hydrogen-bond donors (Lipinski definition) is 0. The second-order valence-corrected chi connectivity index (χ2v) is 7.32. The third-order valence-corrected chi connectivity index (χ3v) is 4.94. The van der Waals surface area contributed by atoms with E-state index in [1.165, 1.54) is 27.7 Å². The van der Waals surface area contributed by atoms with Crippen LogP contribution in [0.5, 0.6) is 0 Å². The van der Waals surface area contributed by atoms with Gasteiger partial charge < -0.3 is 28.4 Å². The summed E-state index contributed by atoms with van der Waals surface area (Å²) < 4.78 is 46.7. The molecule has 0 radical (unpaired) electrons. The molecule has 1 saturated heterocycles. The van der Waals surface area contributed by atoms with Crippen LogP contribution in [-0.4, -0.2) is 74.0 Å². The Bertz CT molecular complexity index is 649. The molecular weight excluding hydrogens is 431 g/mol. The molecule has 0 aromatic rings. The number of halogens is 1. The van der Waals surface area contributed by atoms with E-state index < -0.39 is 67.2 Å². The molecule has 0 amide bonds. The van der Waals surface area contributed by atoms with Crippen LogP contribution < -0.4 is 0 Å². The molecule has 0 bridgehead atoms. The van der Waals surface area contributed by atoms with Crippen molar-refractivity contribution in [1.29, 1.82) is 0 Å². The fourth-order valence-corrected chi connectivity index (χ4v) is 3.42. The first-order valence-corrected chi connectivity index (χ1v) is 10.7. The van der Waals surface area contributed by atoms with Gasteiger partial charge in [0, 0.05) is 26.2 Å². The van der Waals surface area contributed by atoms with Gasteiger partial charge in [-0.05, 0) is 20.3 Å². The van der Waals surface area contributed by atoms with Crippen LogP contribution in [0.4, 0.5) is 4.39 Å². The van der Waals surface area contributed by atoms with Gasteiger partial charge >= 0.3 is 29.5 Å². The van der Waals surface area contributed by atoms with E-state index in [1.807, 2.05) is 6.92 Å². The fourth-order valence-electron chi connectivity index (χ4n) is 3.42. The first kappa shape index (κ1) is 27.8. The van der Waals surface area contributed by atoms with E-state index in [2.05, 4.69) is 9.47 Å². The average Bonchev–Trinajstić information content (AvgIpc) is 2.71. The lowest BCUT2D eigenvalue weighted by Gasteiger charge is -2.44. The highest BCUT2D eigenvalue weighted by molar-refractivity contribution is 6.03. The molecule has 0 saturated carbocycles. The Kier molecular flexibility index (Phi) is 11.0. The molecule has 0 aromatic carbocycles. The Labute approximate surface area is 187 Å². The fraction of sp³-hybridized carbons (Fsp3) is 0.810. The minimum Gasteiger partial charge on any atom is -0.463 e. The van der Waals surface area contributed by atoms with Crippen molar-refractivity contribution in [3.05, 3.63) is 0 Å². The molecule has 1 aliphatic rings. The topological polar surface area (TPSA) is 124 Å². The summed E-state index contributed by atoms with van der Waals surface area (Å²) in [4.78, 5) is 47.4. The van der Waals surface area contributed by atoms with Crippen molar-refractivity contribution in [2.75, 3.05) is 19.8 Å². The summed E-state index contributed by atoms with van der Waals surface area (Å²) in [6.07, 6.45) is -3.83. The van der Waals surface area contributed by atoms with Gasteiger partial charge in [-0.3, -0.25) is 9.59 Å². The highest BCUT2D eigenvalue weighted by Crippen LogP contribution is 2.33. The molecule has 184 valence electrons. The summed E-state index contributed by atoms with van der Waals surface area (Å²) in [6.45, 7) is 8.23. The Morgan fingerprint density at radius 3 is 1.84 bits per heavy atom. The minimum absolute atomic E-state index is 0.134. The van der Waals surface area contributed by atoms with Crippen LogP contribution in [-0.2, 0) is 47.6 Å². The van der Waals surface area contributed by atoms with Gasteiger partial charge in [0.05, 0.1) is 25.9 Å². The molecule has 0 spiro atoms. The SMILES string of the molecule is CCOC(=O)C(F)(CCOC1O[C@H](CC)[C@@H](C)[C@H](OC(C)=O)[C@H]1OC(C)=O)C(=O)OCC. The highest BCUT2D eigenvalue weighted by atomic mass is 19.1. The van der Waals surface area contributed by atoms with Crippen LogP contribution >= 0.6 is 0 Å². The van der Waals surface area contributed by atoms with Crippen molar-refractivity contribution in [3.8, 4) is 0 Å². The number of alkyl halides is 1. The van der Waals surface area contributed by atoms with E-state index in [9.17, 15) is 19.2 Å². The molecule has 32 heavy (non-hydrogen) atoms. The Hall–Kier alpha value is -2.27. The van der Waals surface area contributed by atoms with Gasteiger partial charge in [-0.1, -0.05) is 13.8 Å². The van der Waals surface area contributed by atoms with E-state index in [4.69, 9.17) is 18.9 Å². The van der Waals surface area contributed by atoms with E-state index >= 15 is 4.39 Å². The van der Waals surface area contributed by atoms with Gasteiger partial charge in [-0.2, -0.15) is 0 Å². The monoisotopic (exact) mass is 464 g/mol. The number of hydrogen-bond acceptors (Lipinski definition) is 10. The summed E-state index contributed by atoms with van der Waals surface area (Å²) in [5.74, 6) is -4.35. The van der Waals surface area contributed by atoms with Crippen molar-refractivity contribution in [3.63, 3.8) is 0 Å². The first-order valence-electron chi connectivity index (χ1n) is 10.7. The van der Waals surface area contributed by atoms with Gasteiger partial charge in [0.2, 0.25) is 0 Å². The first-order chi connectivity index (χ1) is 15.0. The Morgan fingerprint density at radius 2 is 1.41 bits per heavy atom. The molecule has 11 heteroatoms. The lowest BCUT2D eigenvalue weighted by atomic mass is 9.89. The standard InChI is InChI=1S/C21H33FO10/c1-7-15-12(4)16(30-13(5)23)17(31-14(6)24)18(32-15)29-11-10-21(22,19(25)27-8-2)20(26)28-9-3/h12,15-18H,7-11H2,1-6H3/t12-,15-,16+,17-,18?/m1/s1. The van der Waals surface area contributed by atoms with Gasteiger partial charge in [0.1, 0.15) is 6.10 Å². The molecular formula is C21H33FO10. The second-order valence-electron chi connectivity index (χ2n) is 7.32. The summed E-state index contributed by atoms with van der Waals surface area (Å²) in [5, 5.41) is 0. The summed E-state index contributed by atoms with van der Waals surface area (Å²) >= 11 is 0. The smallest absolute Gasteiger partial charge is 0.355 e. The molecule has 1 fully saturated rings. The quantitative estimate of drug-likeness (QED) is 0.254. The molecule has 0 aromatic heterocycles. The lowest BCUT2D eigenvalue weighted by molar-refractivity contribution is -0.291. The summed E-state index contributed by atoms with van der Waals surface area (Å²) in [5.41, 5.74) is -3.08. The van der Waals surface area contributed by atoms with Crippen LogP contribution in [0.25, 0.3) is 0 Å². The van der Waals surface area contributed by atoms with E-state index in [0.717, 1.165) is 0 Å². The minimum atomic E-state index is -3.08. The van der Waals surface area contributed by atoms with Crippen molar-refractivity contribution in [2.24, 2.45) is 5.92 Å². The van der Waals surface area contributed by atoms with Crippen molar-refractivity contribution in [1.82, 2.24) is 0 Å². The predicted molar refractivity (Wildman–Crippen MR) is 107 cm³/mol. The molecule has 0 N–H and O–H groups in total.